The number of hydrogen-bond donors (Lipinski definition) is 4. The summed E-state index contributed by atoms with van der Waals surface area (Å²) in [6, 6.07) is 13.7. The van der Waals surface area contributed by atoms with Crippen molar-refractivity contribution in [1.29, 1.82) is 0 Å². The number of hydrogen-bond acceptors (Lipinski definition) is 7. The molecule has 0 saturated carbocycles. The summed E-state index contributed by atoms with van der Waals surface area (Å²) in [6.07, 6.45) is 3.04. The van der Waals surface area contributed by atoms with Crippen LogP contribution in [0.2, 0.25) is 0 Å². The van der Waals surface area contributed by atoms with Crippen molar-refractivity contribution in [2.45, 2.75) is 29.7 Å². The second-order valence-electron chi connectivity index (χ2n) is 8.55. The number of benzene rings is 3. The summed E-state index contributed by atoms with van der Waals surface area (Å²) in [5.41, 5.74) is 1.88. The first-order valence-corrected chi connectivity index (χ1v) is 14.5. The first-order chi connectivity index (χ1) is 17.5. The van der Waals surface area contributed by atoms with E-state index in [1.807, 2.05) is 6.92 Å². The molecular formula is C26H27FN2O6S2. The molecule has 4 N–H and O–H groups in total. The van der Waals surface area contributed by atoms with Gasteiger partial charge >= 0.3 is 0 Å². The second kappa shape index (κ2) is 10.3. The molecule has 1 unspecified atom stereocenters. The van der Waals surface area contributed by atoms with Gasteiger partial charge in [-0.15, -0.1) is 0 Å². The fraction of sp³-hybridized carbons (Fsp3) is 0.192. The number of fused-ring (bicyclic) bond motifs is 1. The minimum atomic E-state index is -3.55. The van der Waals surface area contributed by atoms with Gasteiger partial charge in [0.1, 0.15) is 5.82 Å². The van der Waals surface area contributed by atoms with Crippen molar-refractivity contribution in [2.75, 3.05) is 16.7 Å². The van der Waals surface area contributed by atoms with Crippen LogP contribution in [0.15, 0.2) is 76.7 Å². The standard InChI is InChI=1S/C26H27FN2O6S2/c1-3-36(32,33)21-8-5-18(6-9-21)23(16-30)28-26(31)20-7-10-24(22(27)15-20)29-13-12-19-14-17(2)4-11-25(19)37(29,34)35/h4-15,23,30,34-35H,3,16H2,1-2H3,(H,28,31). The van der Waals surface area contributed by atoms with E-state index in [0.29, 0.717) is 11.1 Å². The van der Waals surface area contributed by atoms with Crippen molar-refractivity contribution in [3.63, 3.8) is 0 Å². The molecule has 0 radical (unpaired) electrons. The molecular weight excluding hydrogens is 519 g/mol. The van der Waals surface area contributed by atoms with Crippen LogP contribution in [-0.2, 0) is 9.84 Å². The highest BCUT2D eigenvalue weighted by molar-refractivity contribution is 8.25. The van der Waals surface area contributed by atoms with Crippen molar-refractivity contribution in [3.05, 3.63) is 94.9 Å². The van der Waals surface area contributed by atoms with Gasteiger partial charge in [-0.2, -0.15) is 0 Å². The first kappa shape index (κ1) is 26.8. The van der Waals surface area contributed by atoms with Crippen LogP contribution >= 0.6 is 10.8 Å². The lowest BCUT2D eigenvalue weighted by molar-refractivity contribution is 0.0915. The number of amides is 1. The van der Waals surface area contributed by atoms with Crippen molar-refractivity contribution in [3.8, 4) is 0 Å². The predicted octanol–water partition coefficient (Wildman–Crippen LogP) is 4.91. The maximum Gasteiger partial charge on any atom is 0.251 e. The zero-order valence-corrected chi connectivity index (χ0v) is 21.8. The molecule has 1 aliphatic rings. The summed E-state index contributed by atoms with van der Waals surface area (Å²) >= 11 is 0. The van der Waals surface area contributed by atoms with E-state index in [1.54, 1.807) is 24.3 Å². The number of rotatable bonds is 7. The number of nitrogens with zero attached hydrogens (tertiary/aromatic N) is 1. The molecule has 0 aromatic heterocycles. The summed E-state index contributed by atoms with van der Waals surface area (Å²) in [7, 11) is -6.95. The molecule has 196 valence electrons. The number of sulfone groups is 1. The van der Waals surface area contributed by atoms with Gasteiger partial charge in [0.25, 0.3) is 5.91 Å². The fourth-order valence-electron chi connectivity index (χ4n) is 3.98. The Morgan fingerprint density at radius 2 is 1.78 bits per heavy atom. The van der Waals surface area contributed by atoms with Crippen molar-refractivity contribution in [2.24, 2.45) is 0 Å². The van der Waals surface area contributed by atoms with Crippen LogP contribution in [0, 0.1) is 12.7 Å². The van der Waals surface area contributed by atoms with Gasteiger partial charge in [-0.05, 0) is 55.0 Å². The third-order valence-corrected chi connectivity index (χ3v) is 9.66. The Morgan fingerprint density at radius 1 is 1.08 bits per heavy atom. The van der Waals surface area contributed by atoms with Crippen LogP contribution < -0.4 is 9.62 Å². The molecule has 3 aromatic rings. The number of aliphatic hydroxyl groups is 1. The quantitative estimate of drug-likeness (QED) is 0.332. The lowest BCUT2D eigenvalue weighted by atomic mass is 10.1. The van der Waals surface area contributed by atoms with Gasteiger partial charge in [-0.25, -0.2) is 17.1 Å². The average molecular weight is 547 g/mol. The lowest BCUT2D eigenvalue weighted by Gasteiger charge is -2.45. The highest BCUT2D eigenvalue weighted by atomic mass is 32.3. The Morgan fingerprint density at radius 3 is 2.41 bits per heavy atom. The molecule has 8 nitrogen and oxygen atoms in total. The predicted molar refractivity (Wildman–Crippen MR) is 142 cm³/mol. The van der Waals surface area contributed by atoms with E-state index in [-0.39, 0.29) is 26.8 Å². The lowest BCUT2D eigenvalue weighted by Crippen LogP contribution is -2.31. The van der Waals surface area contributed by atoms with E-state index in [0.717, 1.165) is 15.9 Å². The topological polar surface area (TPSA) is 127 Å². The number of halogens is 1. The molecule has 3 aromatic carbocycles. The summed E-state index contributed by atoms with van der Waals surface area (Å²) in [6.45, 7) is 2.95. The number of carbonyl (C=O) groups is 1. The molecule has 0 spiro atoms. The first-order valence-electron chi connectivity index (χ1n) is 11.4. The largest absolute Gasteiger partial charge is 0.394 e. The van der Waals surface area contributed by atoms with Crippen LogP contribution in [0.5, 0.6) is 0 Å². The third-order valence-electron chi connectivity index (χ3n) is 6.08. The minimum absolute atomic E-state index is 0.0432. The van der Waals surface area contributed by atoms with Gasteiger partial charge in [-0.3, -0.25) is 13.9 Å². The molecule has 0 aliphatic carbocycles. The molecule has 1 atom stereocenters. The van der Waals surface area contributed by atoms with Crippen molar-refractivity contribution < 1.29 is 31.8 Å². The molecule has 4 rings (SSSR count). The Hall–Kier alpha value is -3.22. The van der Waals surface area contributed by atoms with Crippen LogP contribution in [0.3, 0.4) is 0 Å². The molecule has 1 heterocycles. The van der Waals surface area contributed by atoms with E-state index in [4.69, 9.17) is 0 Å². The minimum Gasteiger partial charge on any atom is -0.394 e. The number of carbonyl (C=O) groups excluding carboxylic acids is 1. The Labute approximate surface area is 216 Å². The van der Waals surface area contributed by atoms with Crippen LogP contribution in [-0.4, -0.2) is 40.9 Å². The van der Waals surface area contributed by atoms with E-state index in [9.17, 15) is 27.4 Å². The smallest absolute Gasteiger partial charge is 0.251 e. The maximum absolute atomic E-state index is 15.1. The van der Waals surface area contributed by atoms with E-state index >= 15 is 4.39 Å². The highest BCUT2D eigenvalue weighted by Gasteiger charge is 2.31. The molecule has 1 aliphatic heterocycles. The monoisotopic (exact) mass is 546 g/mol. The number of aryl methyl sites for hydroxylation is 1. The molecule has 1 amide bonds. The van der Waals surface area contributed by atoms with E-state index in [2.05, 4.69) is 5.32 Å². The van der Waals surface area contributed by atoms with Gasteiger partial charge in [0.15, 0.2) is 9.84 Å². The molecule has 0 bridgehead atoms. The Kier molecular flexibility index (Phi) is 7.45. The van der Waals surface area contributed by atoms with Gasteiger partial charge in [0.2, 0.25) is 0 Å². The van der Waals surface area contributed by atoms with Crippen molar-refractivity contribution in [1.82, 2.24) is 5.32 Å². The van der Waals surface area contributed by atoms with Gasteiger partial charge < -0.3 is 10.4 Å². The molecule has 11 heteroatoms. The number of anilines is 1. The highest BCUT2D eigenvalue weighted by Crippen LogP contribution is 2.57. The fourth-order valence-corrected chi connectivity index (χ4v) is 6.42. The summed E-state index contributed by atoms with van der Waals surface area (Å²) in [4.78, 5) is 13.2. The van der Waals surface area contributed by atoms with Gasteiger partial charge in [0.05, 0.1) is 33.9 Å². The zero-order chi connectivity index (χ0) is 27.0. The maximum atomic E-state index is 15.1. The van der Waals surface area contributed by atoms with Crippen molar-refractivity contribution >= 4 is 38.3 Å². The van der Waals surface area contributed by atoms with E-state index in [1.165, 1.54) is 49.5 Å². The zero-order valence-electron chi connectivity index (χ0n) is 20.1. The normalized spacial score (nSPS) is 16.1. The third kappa shape index (κ3) is 5.27. The molecule has 37 heavy (non-hydrogen) atoms. The SMILES string of the molecule is CCS(=O)(=O)c1ccc(C(CO)NC(=O)c2ccc(N3C=Cc4cc(C)ccc4S3(O)O)c(F)c2)cc1. The van der Waals surface area contributed by atoms with Crippen LogP contribution in [0.4, 0.5) is 10.1 Å². The molecule has 0 fully saturated rings. The average Bonchev–Trinajstić information content (AvgIpc) is 2.87. The summed E-state index contributed by atoms with van der Waals surface area (Å²) in [5, 5.41) is 12.4. The number of nitrogens with one attached hydrogen (secondary N) is 1. The van der Waals surface area contributed by atoms with Gasteiger partial charge in [0, 0.05) is 17.3 Å². The van der Waals surface area contributed by atoms with Crippen LogP contribution in [0.1, 0.15) is 40.0 Å². The van der Waals surface area contributed by atoms with E-state index < -0.39 is 45.0 Å². The Balaban J connectivity index is 1.54. The van der Waals surface area contributed by atoms with Crippen LogP contribution in [0.25, 0.3) is 6.08 Å². The van der Waals surface area contributed by atoms with Gasteiger partial charge in [-0.1, -0.05) is 47.5 Å². The summed E-state index contributed by atoms with van der Waals surface area (Å²) in [5.74, 6) is -1.57. The molecule has 0 saturated heterocycles. The number of aliphatic hydroxyl groups excluding tert-OH is 1. The summed E-state index contributed by atoms with van der Waals surface area (Å²) < 4.78 is 62.0. The Bertz CT molecular complexity index is 1470. The second-order valence-corrected chi connectivity index (χ2v) is 12.7.